The number of hydrogen-bond donors (Lipinski definition) is 1. The molecule has 1 atom stereocenters. The summed E-state index contributed by atoms with van der Waals surface area (Å²) >= 11 is 0. The molecule has 3 nitrogen and oxygen atoms in total. The molecule has 0 amide bonds. The van der Waals surface area contributed by atoms with Crippen LogP contribution < -0.4 is 5.73 Å². The third kappa shape index (κ3) is 3.62. The third-order valence-electron chi connectivity index (χ3n) is 6.53. The molecule has 1 aliphatic carbocycles. The zero-order valence-electron chi connectivity index (χ0n) is 14.0. The highest BCUT2D eigenvalue weighted by molar-refractivity contribution is 4.94. The molecule has 2 heterocycles. The predicted molar refractivity (Wildman–Crippen MR) is 89.4 cm³/mol. The minimum Gasteiger partial charge on any atom is -0.329 e. The van der Waals surface area contributed by atoms with E-state index in [1.54, 1.807) is 0 Å². The summed E-state index contributed by atoms with van der Waals surface area (Å²) in [6, 6.07) is 0.854. The van der Waals surface area contributed by atoms with Crippen LogP contribution in [0.1, 0.15) is 64.7 Å². The van der Waals surface area contributed by atoms with Gasteiger partial charge in [0.25, 0.3) is 0 Å². The van der Waals surface area contributed by atoms with Crippen LogP contribution in [0.25, 0.3) is 0 Å². The van der Waals surface area contributed by atoms with Crippen LogP contribution in [0.5, 0.6) is 0 Å². The van der Waals surface area contributed by atoms with E-state index in [-0.39, 0.29) is 5.54 Å². The molecule has 0 spiro atoms. The van der Waals surface area contributed by atoms with Crippen LogP contribution in [0.4, 0.5) is 0 Å². The number of rotatable bonds is 5. The Morgan fingerprint density at radius 3 is 2.10 bits per heavy atom. The second-order valence-corrected chi connectivity index (χ2v) is 8.02. The summed E-state index contributed by atoms with van der Waals surface area (Å²) in [4.78, 5) is 5.50. The van der Waals surface area contributed by atoms with Crippen LogP contribution in [-0.2, 0) is 0 Å². The van der Waals surface area contributed by atoms with E-state index < -0.39 is 0 Å². The van der Waals surface area contributed by atoms with Crippen molar-refractivity contribution in [2.75, 3.05) is 32.7 Å². The summed E-state index contributed by atoms with van der Waals surface area (Å²) in [5, 5.41) is 0. The maximum Gasteiger partial charge on any atom is 0.0306 e. The number of hydrogen-bond acceptors (Lipinski definition) is 3. The Morgan fingerprint density at radius 2 is 1.57 bits per heavy atom. The number of nitrogens with zero attached hydrogens (tertiary/aromatic N) is 2. The summed E-state index contributed by atoms with van der Waals surface area (Å²) in [6.07, 6.45) is 12.7. The van der Waals surface area contributed by atoms with Crippen molar-refractivity contribution in [3.8, 4) is 0 Å². The molecule has 2 N–H and O–H groups in total. The molecule has 1 saturated carbocycles. The molecule has 1 unspecified atom stereocenters. The molecule has 3 fully saturated rings. The van der Waals surface area contributed by atoms with E-state index in [0.717, 1.165) is 18.5 Å². The highest BCUT2D eigenvalue weighted by Gasteiger charge is 2.37. The first-order valence-electron chi connectivity index (χ1n) is 9.40. The molecular weight excluding hydrogens is 258 g/mol. The lowest BCUT2D eigenvalue weighted by molar-refractivity contribution is 0.0178. The van der Waals surface area contributed by atoms with E-state index in [0.29, 0.717) is 0 Å². The smallest absolute Gasteiger partial charge is 0.0306 e. The Morgan fingerprint density at radius 1 is 0.905 bits per heavy atom. The van der Waals surface area contributed by atoms with Gasteiger partial charge in [-0.15, -0.1) is 0 Å². The van der Waals surface area contributed by atoms with Gasteiger partial charge in [0, 0.05) is 31.2 Å². The lowest BCUT2D eigenvalue weighted by Crippen LogP contribution is -2.58. The van der Waals surface area contributed by atoms with Gasteiger partial charge in [-0.3, -0.25) is 4.90 Å². The van der Waals surface area contributed by atoms with Crippen molar-refractivity contribution >= 4 is 0 Å². The van der Waals surface area contributed by atoms with Gasteiger partial charge in [0.15, 0.2) is 0 Å². The molecule has 0 bridgehead atoms. The topological polar surface area (TPSA) is 32.5 Å². The molecule has 21 heavy (non-hydrogen) atoms. The Bertz CT molecular complexity index is 314. The quantitative estimate of drug-likeness (QED) is 0.846. The summed E-state index contributed by atoms with van der Waals surface area (Å²) in [6.45, 7) is 8.48. The van der Waals surface area contributed by atoms with Gasteiger partial charge in [0.1, 0.15) is 0 Å². The maximum atomic E-state index is 6.19. The standard InChI is InChI=1S/C18H35N3/c1-18(15-19,14-16-6-5-7-16)21-12-8-17(9-13-21)20-10-3-2-4-11-20/h16-17H,2-15,19H2,1H3. The monoisotopic (exact) mass is 293 g/mol. The van der Waals surface area contributed by atoms with Crippen molar-refractivity contribution in [2.45, 2.75) is 76.3 Å². The first kappa shape index (κ1) is 15.8. The van der Waals surface area contributed by atoms with Gasteiger partial charge in [0.2, 0.25) is 0 Å². The molecule has 0 aromatic heterocycles. The van der Waals surface area contributed by atoms with Gasteiger partial charge >= 0.3 is 0 Å². The zero-order chi connectivity index (χ0) is 14.7. The van der Waals surface area contributed by atoms with E-state index in [1.807, 2.05) is 0 Å². The van der Waals surface area contributed by atoms with E-state index in [9.17, 15) is 0 Å². The van der Waals surface area contributed by atoms with Gasteiger partial charge in [-0.2, -0.15) is 0 Å². The fraction of sp³-hybridized carbons (Fsp3) is 1.00. The molecule has 0 aromatic carbocycles. The Balaban J connectivity index is 1.50. The highest BCUT2D eigenvalue weighted by Crippen LogP contribution is 2.37. The van der Waals surface area contributed by atoms with E-state index in [1.165, 1.54) is 84.0 Å². The zero-order valence-corrected chi connectivity index (χ0v) is 14.0. The van der Waals surface area contributed by atoms with Crippen LogP contribution in [0, 0.1) is 5.92 Å². The second-order valence-electron chi connectivity index (χ2n) is 8.02. The number of nitrogens with two attached hydrogens (primary N) is 1. The van der Waals surface area contributed by atoms with Crippen LogP contribution in [0.15, 0.2) is 0 Å². The average molecular weight is 293 g/mol. The normalized spacial score (nSPS) is 30.0. The van der Waals surface area contributed by atoms with E-state index >= 15 is 0 Å². The molecule has 0 aromatic rings. The SMILES string of the molecule is CC(CN)(CC1CCC1)N1CCC(N2CCCCC2)CC1. The fourth-order valence-corrected chi connectivity index (χ4v) is 4.71. The number of likely N-dealkylation sites (tertiary alicyclic amines) is 2. The summed E-state index contributed by atoms with van der Waals surface area (Å²) < 4.78 is 0. The third-order valence-corrected chi connectivity index (χ3v) is 6.53. The summed E-state index contributed by atoms with van der Waals surface area (Å²) in [5.74, 6) is 0.957. The first-order chi connectivity index (χ1) is 10.2. The number of piperidine rings is 2. The lowest BCUT2D eigenvalue weighted by Gasteiger charge is -2.49. The van der Waals surface area contributed by atoms with Gasteiger partial charge in [0.05, 0.1) is 0 Å². The molecular formula is C18H35N3. The van der Waals surface area contributed by atoms with Crippen molar-refractivity contribution in [3.63, 3.8) is 0 Å². The summed E-state index contributed by atoms with van der Waals surface area (Å²) in [5.41, 5.74) is 6.45. The molecule has 3 rings (SSSR count). The minimum absolute atomic E-state index is 0.262. The maximum absolute atomic E-state index is 6.19. The van der Waals surface area contributed by atoms with Crippen molar-refractivity contribution in [1.82, 2.24) is 9.80 Å². The van der Waals surface area contributed by atoms with Crippen LogP contribution in [0.3, 0.4) is 0 Å². The minimum atomic E-state index is 0.262. The van der Waals surface area contributed by atoms with Crippen molar-refractivity contribution in [2.24, 2.45) is 11.7 Å². The lowest BCUT2D eigenvalue weighted by atomic mass is 9.75. The average Bonchev–Trinajstić information content (AvgIpc) is 2.52. The Kier molecular flexibility index (Phi) is 5.23. The predicted octanol–water partition coefficient (Wildman–Crippen LogP) is 2.84. The Labute approximate surface area is 131 Å². The largest absolute Gasteiger partial charge is 0.329 e. The Hall–Kier alpha value is -0.120. The van der Waals surface area contributed by atoms with Crippen LogP contribution in [-0.4, -0.2) is 54.1 Å². The summed E-state index contributed by atoms with van der Waals surface area (Å²) in [7, 11) is 0. The fourth-order valence-electron chi connectivity index (χ4n) is 4.71. The van der Waals surface area contributed by atoms with E-state index in [4.69, 9.17) is 5.73 Å². The van der Waals surface area contributed by atoms with Gasteiger partial charge in [-0.1, -0.05) is 25.7 Å². The molecule has 3 heteroatoms. The highest BCUT2D eigenvalue weighted by atomic mass is 15.2. The second kappa shape index (κ2) is 6.97. The van der Waals surface area contributed by atoms with Crippen molar-refractivity contribution in [3.05, 3.63) is 0 Å². The van der Waals surface area contributed by atoms with Gasteiger partial charge in [-0.25, -0.2) is 0 Å². The van der Waals surface area contributed by atoms with Crippen LogP contribution in [0.2, 0.25) is 0 Å². The van der Waals surface area contributed by atoms with Crippen molar-refractivity contribution in [1.29, 1.82) is 0 Å². The van der Waals surface area contributed by atoms with Gasteiger partial charge in [-0.05, 0) is 58.0 Å². The molecule has 2 saturated heterocycles. The van der Waals surface area contributed by atoms with Gasteiger partial charge < -0.3 is 10.6 Å². The van der Waals surface area contributed by atoms with Crippen LogP contribution >= 0.6 is 0 Å². The molecule has 2 aliphatic heterocycles. The van der Waals surface area contributed by atoms with Crippen molar-refractivity contribution < 1.29 is 0 Å². The van der Waals surface area contributed by atoms with E-state index in [2.05, 4.69) is 16.7 Å². The molecule has 122 valence electrons. The molecule has 0 radical (unpaired) electrons. The molecule has 3 aliphatic rings. The first-order valence-corrected chi connectivity index (χ1v) is 9.40.